The number of amides is 1. The monoisotopic (exact) mass is 329 g/mol. The van der Waals surface area contributed by atoms with Gasteiger partial charge in [-0.2, -0.15) is 0 Å². The van der Waals surface area contributed by atoms with Gasteiger partial charge in [0.15, 0.2) is 5.75 Å². The average molecular weight is 330 g/mol. The van der Waals surface area contributed by atoms with Gasteiger partial charge in [0, 0.05) is 24.7 Å². The number of nitrogens with two attached hydrogens (primary N) is 1. The molecule has 1 saturated heterocycles. The van der Waals surface area contributed by atoms with E-state index in [4.69, 9.17) is 5.73 Å². The van der Waals surface area contributed by atoms with Gasteiger partial charge in [-0.1, -0.05) is 0 Å². The molecule has 0 aromatic heterocycles. The van der Waals surface area contributed by atoms with Crippen LogP contribution in [0.15, 0.2) is 18.2 Å². The van der Waals surface area contributed by atoms with Crippen molar-refractivity contribution in [3.05, 3.63) is 33.9 Å². The molecule has 1 aromatic carbocycles. The van der Waals surface area contributed by atoms with Crippen LogP contribution < -0.4 is 5.73 Å². The number of phenols is 1. The van der Waals surface area contributed by atoms with E-state index < -0.39 is 16.4 Å². The zero-order chi connectivity index (χ0) is 15.4. The minimum atomic E-state index is -0.679. The van der Waals surface area contributed by atoms with Crippen molar-refractivity contribution >= 4 is 24.0 Å². The number of halogens is 1. The second-order valence-electron chi connectivity index (χ2n) is 5.30. The first kappa shape index (κ1) is 18.2. The Morgan fingerprint density at radius 1 is 1.50 bits per heavy atom. The Morgan fingerprint density at radius 2 is 2.23 bits per heavy atom. The van der Waals surface area contributed by atoms with Crippen LogP contribution in [0.1, 0.15) is 29.6 Å². The van der Waals surface area contributed by atoms with Crippen LogP contribution >= 0.6 is 12.4 Å². The lowest BCUT2D eigenvalue weighted by molar-refractivity contribution is -0.385. The van der Waals surface area contributed by atoms with Crippen LogP contribution in [0.5, 0.6) is 5.75 Å². The molecule has 7 nitrogen and oxygen atoms in total. The van der Waals surface area contributed by atoms with Crippen LogP contribution in [-0.4, -0.2) is 40.5 Å². The highest BCUT2D eigenvalue weighted by Crippen LogP contribution is 2.28. The summed E-state index contributed by atoms with van der Waals surface area (Å²) in [4.78, 5) is 24.1. The highest BCUT2D eigenvalue weighted by molar-refractivity contribution is 5.95. The average Bonchev–Trinajstić information content (AvgIpc) is 2.46. The first-order valence-electron chi connectivity index (χ1n) is 6.99. The number of carbonyl (C=O) groups excluding carboxylic acids is 1. The second-order valence-corrected chi connectivity index (χ2v) is 5.30. The zero-order valence-electron chi connectivity index (χ0n) is 12.1. The van der Waals surface area contributed by atoms with E-state index in [1.54, 1.807) is 4.90 Å². The number of nitro groups is 1. The SMILES string of the molecule is Cl.NCCC1CCCN(C(=O)c2ccc([N+](=O)[O-])c(O)c2)C1. The molecular formula is C14H20ClN3O4. The van der Waals surface area contributed by atoms with Crippen molar-refractivity contribution in [2.45, 2.75) is 19.3 Å². The molecule has 1 aliphatic heterocycles. The van der Waals surface area contributed by atoms with Crippen LogP contribution in [0.3, 0.4) is 0 Å². The van der Waals surface area contributed by atoms with Gasteiger partial charge in [-0.3, -0.25) is 14.9 Å². The van der Waals surface area contributed by atoms with Crippen LogP contribution in [0, 0.1) is 16.0 Å². The largest absolute Gasteiger partial charge is 0.502 e. The topological polar surface area (TPSA) is 110 Å². The fourth-order valence-corrected chi connectivity index (χ4v) is 2.71. The third-order valence-corrected chi connectivity index (χ3v) is 3.80. The fourth-order valence-electron chi connectivity index (χ4n) is 2.71. The number of carbonyl (C=O) groups is 1. The van der Waals surface area contributed by atoms with Crippen molar-refractivity contribution < 1.29 is 14.8 Å². The lowest BCUT2D eigenvalue weighted by Gasteiger charge is -2.32. The Morgan fingerprint density at radius 3 is 2.82 bits per heavy atom. The van der Waals surface area contributed by atoms with Gasteiger partial charge >= 0.3 is 5.69 Å². The third kappa shape index (κ3) is 4.08. The molecule has 3 N–H and O–H groups in total. The smallest absolute Gasteiger partial charge is 0.310 e. The lowest BCUT2D eigenvalue weighted by Crippen LogP contribution is -2.40. The molecule has 0 aliphatic carbocycles. The number of hydrogen-bond donors (Lipinski definition) is 2. The standard InChI is InChI=1S/C14H19N3O4.ClH/c15-6-5-10-2-1-7-16(9-10)14(19)11-3-4-12(17(20)21)13(18)8-11;/h3-4,8,10,18H,1-2,5-7,9,15H2;1H. The molecule has 1 unspecified atom stereocenters. The molecule has 122 valence electrons. The van der Waals surface area contributed by atoms with Gasteiger partial charge in [0.05, 0.1) is 4.92 Å². The number of likely N-dealkylation sites (tertiary alicyclic amines) is 1. The maximum atomic E-state index is 12.4. The summed E-state index contributed by atoms with van der Waals surface area (Å²) in [5, 5.41) is 20.3. The Balaban J connectivity index is 0.00000242. The molecule has 8 heteroatoms. The van der Waals surface area contributed by atoms with E-state index >= 15 is 0 Å². The summed E-state index contributed by atoms with van der Waals surface area (Å²) in [5.74, 6) is -0.289. The van der Waals surface area contributed by atoms with Crippen molar-refractivity contribution in [2.75, 3.05) is 19.6 Å². The number of nitrogens with zero attached hydrogens (tertiary/aromatic N) is 2. The number of benzene rings is 1. The molecule has 0 saturated carbocycles. The molecule has 1 amide bonds. The van der Waals surface area contributed by atoms with E-state index in [0.29, 0.717) is 25.6 Å². The van der Waals surface area contributed by atoms with Crippen LogP contribution in [-0.2, 0) is 0 Å². The van der Waals surface area contributed by atoms with Gasteiger partial charge < -0.3 is 15.7 Å². The van der Waals surface area contributed by atoms with Gasteiger partial charge in [0.1, 0.15) is 0 Å². The van der Waals surface area contributed by atoms with Crippen LogP contribution in [0.25, 0.3) is 0 Å². The summed E-state index contributed by atoms with van der Waals surface area (Å²) >= 11 is 0. The Hall–Kier alpha value is -1.86. The van der Waals surface area contributed by atoms with E-state index in [2.05, 4.69) is 0 Å². The van der Waals surface area contributed by atoms with Gasteiger partial charge in [-0.15, -0.1) is 12.4 Å². The number of phenolic OH excluding ortho intramolecular Hbond substituents is 1. The summed E-state index contributed by atoms with van der Waals surface area (Å²) in [5.41, 5.74) is 5.43. The molecule has 0 radical (unpaired) electrons. The molecule has 1 aromatic rings. The first-order chi connectivity index (χ1) is 10.0. The molecule has 1 fully saturated rings. The van der Waals surface area contributed by atoms with Crippen LogP contribution in [0.2, 0.25) is 0 Å². The summed E-state index contributed by atoms with van der Waals surface area (Å²) < 4.78 is 0. The van der Waals surface area contributed by atoms with Crippen molar-refractivity contribution in [1.82, 2.24) is 4.90 Å². The van der Waals surface area contributed by atoms with E-state index in [9.17, 15) is 20.0 Å². The minimum absolute atomic E-state index is 0. The maximum absolute atomic E-state index is 12.4. The van der Waals surface area contributed by atoms with Gasteiger partial charge in [-0.05, 0) is 43.9 Å². The second kappa shape index (κ2) is 7.95. The van der Waals surface area contributed by atoms with E-state index in [0.717, 1.165) is 31.4 Å². The number of piperidine rings is 1. The van der Waals surface area contributed by atoms with E-state index in [1.807, 2.05) is 0 Å². The van der Waals surface area contributed by atoms with Crippen LogP contribution in [0.4, 0.5) is 5.69 Å². The summed E-state index contributed by atoms with van der Waals surface area (Å²) in [7, 11) is 0. The Kier molecular flexibility index (Phi) is 6.58. The molecule has 1 heterocycles. The Labute approximate surface area is 134 Å². The normalized spacial score (nSPS) is 17.7. The number of aromatic hydroxyl groups is 1. The highest BCUT2D eigenvalue weighted by Gasteiger charge is 2.25. The number of rotatable bonds is 4. The molecular weight excluding hydrogens is 310 g/mol. The number of hydrogen-bond acceptors (Lipinski definition) is 5. The molecule has 22 heavy (non-hydrogen) atoms. The predicted molar refractivity (Wildman–Crippen MR) is 84.3 cm³/mol. The predicted octanol–water partition coefficient (Wildman–Crippen LogP) is 1.92. The zero-order valence-corrected chi connectivity index (χ0v) is 12.9. The Bertz CT molecular complexity index is 551. The van der Waals surface area contributed by atoms with Crippen molar-refractivity contribution in [3.8, 4) is 5.75 Å². The molecule has 0 spiro atoms. The van der Waals surface area contributed by atoms with Gasteiger partial charge in [0.2, 0.25) is 0 Å². The lowest BCUT2D eigenvalue weighted by atomic mass is 9.94. The van der Waals surface area contributed by atoms with Crippen molar-refractivity contribution in [1.29, 1.82) is 0 Å². The summed E-state index contributed by atoms with van der Waals surface area (Å²) in [6, 6.07) is 3.70. The highest BCUT2D eigenvalue weighted by atomic mass is 35.5. The van der Waals surface area contributed by atoms with Crippen molar-refractivity contribution in [2.24, 2.45) is 11.7 Å². The van der Waals surface area contributed by atoms with Crippen molar-refractivity contribution in [3.63, 3.8) is 0 Å². The van der Waals surface area contributed by atoms with Gasteiger partial charge in [-0.25, -0.2) is 0 Å². The maximum Gasteiger partial charge on any atom is 0.310 e. The van der Waals surface area contributed by atoms with E-state index in [-0.39, 0.29) is 23.9 Å². The molecule has 0 bridgehead atoms. The third-order valence-electron chi connectivity index (χ3n) is 3.80. The summed E-state index contributed by atoms with van der Waals surface area (Å²) in [6.07, 6.45) is 2.87. The quantitative estimate of drug-likeness (QED) is 0.647. The fraction of sp³-hybridized carbons (Fsp3) is 0.500. The van der Waals surface area contributed by atoms with Gasteiger partial charge in [0.25, 0.3) is 5.91 Å². The first-order valence-corrected chi connectivity index (χ1v) is 6.99. The molecule has 1 atom stereocenters. The molecule has 1 aliphatic rings. The number of nitro benzene ring substituents is 1. The molecule has 2 rings (SSSR count). The van der Waals surface area contributed by atoms with E-state index in [1.165, 1.54) is 6.07 Å². The summed E-state index contributed by atoms with van der Waals surface area (Å²) in [6.45, 7) is 1.91. The minimum Gasteiger partial charge on any atom is -0.502 e.